The van der Waals surface area contributed by atoms with E-state index in [-0.39, 0.29) is 0 Å². The Bertz CT molecular complexity index is 698. The topological polar surface area (TPSA) is 43.8 Å². The number of unbranched alkanes of at least 4 members (excludes halogenated alkanes) is 1. The first kappa shape index (κ1) is 13.2. The smallest absolute Gasteiger partial charge is 0.115 e. The van der Waals surface area contributed by atoms with Gasteiger partial charge in [0.25, 0.3) is 0 Å². The first-order chi connectivity index (χ1) is 9.79. The van der Waals surface area contributed by atoms with Crippen LogP contribution in [0.4, 0.5) is 5.69 Å². The van der Waals surface area contributed by atoms with Crippen molar-refractivity contribution in [1.82, 2.24) is 9.55 Å². The molecule has 0 atom stereocenters. The zero-order chi connectivity index (χ0) is 13.9. The Kier molecular flexibility index (Phi) is 3.74. The Morgan fingerprint density at radius 1 is 1.25 bits per heavy atom. The number of para-hydroxylation sites is 1. The number of aryl methyl sites for hydroxylation is 1. The van der Waals surface area contributed by atoms with E-state index in [0.29, 0.717) is 0 Å². The molecule has 20 heavy (non-hydrogen) atoms. The van der Waals surface area contributed by atoms with Crippen LogP contribution in [0.5, 0.6) is 0 Å². The summed E-state index contributed by atoms with van der Waals surface area (Å²) in [5.74, 6) is 1.12. The Hall–Kier alpha value is -1.81. The maximum Gasteiger partial charge on any atom is 0.115 e. The van der Waals surface area contributed by atoms with Gasteiger partial charge in [-0.3, -0.25) is 0 Å². The van der Waals surface area contributed by atoms with Gasteiger partial charge < -0.3 is 10.3 Å². The highest BCUT2D eigenvalue weighted by atomic mass is 32.1. The standard InChI is InChI=1S/C16H19N3S/c1-2-3-9-19-14-8-4-7-13(17)16(14)18-15(19)11-12-6-5-10-20-12/h4-8,10H,2-3,9,11,17H2,1H3. The van der Waals surface area contributed by atoms with Gasteiger partial charge in [0.2, 0.25) is 0 Å². The predicted molar refractivity (Wildman–Crippen MR) is 86.2 cm³/mol. The molecule has 104 valence electrons. The van der Waals surface area contributed by atoms with Crippen LogP contribution in [0, 0.1) is 0 Å². The lowest BCUT2D eigenvalue weighted by Crippen LogP contribution is -2.04. The van der Waals surface area contributed by atoms with Crippen LogP contribution in [-0.4, -0.2) is 9.55 Å². The largest absolute Gasteiger partial charge is 0.397 e. The first-order valence-corrected chi connectivity index (χ1v) is 7.93. The van der Waals surface area contributed by atoms with Gasteiger partial charge in [-0.1, -0.05) is 25.5 Å². The van der Waals surface area contributed by atoms with Crippen molar-refractivity contribution < 1.29 is 0 Å². The van der Waals surface area contributed by atoms with Crippen molar-refractivity contribution in [3.05, 3.63) is 46.4 Å². The van der Waals surface area contributed by atoms with E-state index < -0.39 is 0 Å². The lowest BCUT2D eigenvalue weighted by molar-refractivity contribution is 0.623. The molecular formula is C16H19N3S. The van der Waals surface area contributed by atoms with Gasteiger partial charge in [-0.25, -0.2) is 4.98 Å². The second-order valence-corrected chi connectivity index (χ2v) is 6.04. The number of rotatable bonds is 5. The summed E-state index contributed by atoms with van der Waals surface area (Å²) >= 11 is 1.78. The predicted octanol–water partition coefficient (Wildman–Crippen LogP) is 4.07. The summed E-state index contributed by atoms with van der Waals surface area (Å²) in [6.07, 6.45) is 3.23. The molecule has 0 fully saturated rings. The van der Waals surface area contributed by atoms with Crippen LogP contribution < -0.4 is 5.73 Å². The highest BCUT2D eigenvalue weighted by molar-refractivity contribution is 7.09. The van der Waals surface area contributed by atoms with E-state index in [2.05, 4.69) is 35.1 Å². The molecule has 0 aliphatic carbocycles. The summed E-state index contributed by atoms with van der Waals surface area (Å²) in [6, 6.07) is 10.3. The molecule has 0 aliphatic rings. The molecule has 1 aromatic carbocycles. The first-order valence-electron chi connectivity index (χ1n) is 7.05. The van der Waals surface area contributed by atoms with Crippen molar-refractivity contribution in [2.75, 3.05) is 5.73 Å². The molecule has 3 rings (SSSR count). The molecular weight excluding hydrogens is 266 g/mol. The number of hydrogen-bond acceptors (Lipinski definition) is 3. The minimum absolute atomic E-state index is 0.769. The van der Waals surface area contributed by atoms with Crippen molar-refractivity contribution in [1.29, 1.82) is 0 Å². The maximum atomic E-state index is 6.07. The maximum absolute atomic E-state index is 6.07. The molecule has 0 radical (unpaired) electrons. The number of anilines is 1. The number of benzene rings is 1. The molecule has 0 saturated carbocycles. The number of hydrogen-bond donors (Lipinski definition) is 1. The Morgan fingerprint density at radius 2 is 2.15 bits per heavy atom. The fourth-order valence-electron chi connectivity index (χ4n) is 2.49. The molecule has 2 aromatic heterocycles. The SMILES string of the molecule is CCCCn1c(Cc2cccs2)nc2c(N)cccc21. The molecule has 0 saturated heterocycles. The second kappa shape index (κ2) is 5.67. The number of nitrogen functional groups attached to an aromatic ring is 1. The van der Waals surface area contributed by atoms with E-state index in [4.69, 9.17) is 10.7 Å². The highest BCUT2D eigenvalue weighted by Gasteiger charge is 2.13. The zero-order valence-electron chi connectivity index (χ0n) is 11.7. The van der Waals surface area contributed by atoms with E-state index in [0.717, 1.165) is 41.9 Å². The molecule has 3 nitrogen and oxygen atoms in total. The number of fused-ring (bicyclic) bond motifs is 1. The van der Waals surface area contributed by atoms with Gasteiger partial charge >= 0.3 is 0 Å². The van der Waals surface area contributed by atoms with Crippen molar-refractivity contribution in [2.24, 2.45) is 0 Å². The van der Waals surface area contributed by atoms with Crippen LogP contribution in [0.2, 0.25) is 0 Å². The van der Waals surface area contributed by atoms with Crippen molar-refractivity contribution >= 4 is 28.1 Å². The molecule has 0 spiro atoms. The second-order valence-electron chi connectivity index (χ2n) is 5.00. The van der Waals surface area contributed by atoms with E-state index in [1.807, 2.05) is 12.1 Å². The Morgan fingerprint density at radius 3 is 2.90 bits per heavy atom. The van der Waals surface area contributed by atoms with Crippen LogP contribution in [0.3, 0.4) is 0 Å². The third-order valence-corrected chi connectivity index (χ3v) is 4.41. The van der Waals surface area contributed by atoms with Gasteiger partial charge in [0, 0.05) is 17.8 Å². The molecule has 3 aromatic rings. The lowest BCUT2D eigenvalue weighted by atomic mass is 10.2. The van der Waals surface area contributed by atoms with Crippen LogP contribution in [-0.2, 0) is 13.0 Å². The summed E-state index contributed by atoms with van der Waals surface area (Å²) in [7, 11) is 0. The quantitative estimate of drug-likeness (QED) is 0.718. The number of nitrogens with zero attached hydrogens (tertiary/aromatic N) is 2. The minimum atomic E-state index is 0.769. The Labute approximate surface area is 123 Å². The molecule has 0 unspecified atom stereocenters. The van der Waals surface area contributed by atoms with Crippen molar-refractivity contribution in [3.8, 4) is 0 Å². The van der Waals surface area contributed by atoms with E-state index in [1.165, 1.54) is 11.3 Å². The van der Waals surface area contributed by atoms with Gasteiger partial charge in [-0.05, 0) is 30.0 Å². The van der Waals surface area contributed by atoms with E-state index in [9.17, 15) is 0 Å². The molecule has 0 amide bonds. The van der Waals surface area contributed by atoms with Gasteiger partial charge in [0.1, 0.15) is 11.3 Å². The average Bonchev–Trinajstić information content (AvgIpc) is 3.06. The number of imidazole rings is 1. The van der Waals surface area contributed by atoms with Crippen LogP contribution in [0.25, 0.3) is 11.0 Å². The van der Waals surface area contributed by atoms with E-state index >= 15 is 0 Å². The van der Waals surface area contributed by atoms with Gasteiger partial charge in [-0.2, -0.15) is 0 Å². The van der Waals surface area contributed by atoms with Crippen molar-refractivity contribution in [3.63, 3.8) is 0 Å². The number of nitrogens with two attached hydrogens (primary N) is 1. The summed E-state index contributed by atoms with van der Waals surface area (Å²) < 4.78 is 2.33. The van der Waals surface area contributed by atoms with Crippen LogP contribution in [0.15, 0.2) is 35.7 Å². The fraction of sp³-hybridized carbons (Fsp3) is 0.312. The summed E-state index contributed by atoms with van der Waals surface area (Å²) in [5, 5.41) is 2.11. The average molecular weight is 285 g/mol. The van der Waals surface area contributed by atoms with Gasteiger partial charge in [0.15, 0.2) is 0 Å². The molecule has 2 heterocycles. The van der Waals surface area contributed by atoms with Gasteiger partial charge in [-0.15, -0.1) is 11.3 Å². The molecule has 4 heteroatoms. The van der Waals surface area contributed by atoms with Crippen LogP contribution >= 0.6 is 11.3 Å². The number of thiophene rings is 1. The lowest BCUT2D eigenvalue weighted by Gasteiger charge is -2.07. The number of aromatic nitrogens is 2. The molecule has 0 bridgehead atoms. The Balaban J connectivity index is 2.06. The van der Waals surface area contributed by atoms with Crippen LogP contribution in [0.1, 0.15) is 30.5 Å². The van der Waals surface area contributed by atoms with E-state index in [1.54, 1.807) is 11.3 Å². The third kappa shape index (κ3) is 2.43. The highest BCUT2D eigenvalue weighted by Crippen LogP contribution is 2.24. The minimum Gasteiger partial charge on any atom is -0.397 e. The summed E-state index contributed by atoms with van der Waals surface area (Å²) in [6.45, 7) is 3.23. The zero-order valence-corrected chi connectivity index (χ0v) is 12.5. The summed E-state index contributed by atoms with van der Waals surface area (Å²) in [4.78, 5) is 6.13. The van der Waals surface area contributed by atoms with Crippen molar-refractivity contribution in [2.45, 2.75) is 32.7 Å². The molecule has 2 N–H and O–H groups in total. The monoisotopic (exact) mass is 285 g/mol. The van der Waals surface area contributed by atoms with Gasteiger partial charge in [0.05, 0.1) is 11.2 Å². The normalized spacial score (nSPS) is 11.2. The molecule has 0 aliphatic heterocycles. The summed E-state index contributed by atoms with van der Waals surface area (Å²) in [5.41, 5.74) is 8.93. The third-order valence-electron chi connectivity index (χ3n) is 3.54. The fourth-order valence-corrected chi connectivity index (χ4v) is 3.19.